The van der Waals surface area contributed by atoms with Gasteiger partial charge in [-0.15, -0.1) is 0 Å². The Bertz CT molecular complexity index is 1030. The van der Waals surface area contributed by atoms with Crippen LogP contribution in [-0.2, 0) is 14.3 Å². The highest BCUT2D eigenvalue weighted by molar-refractivity contribution is 5.80. The minimum absolute atomic E-state index is 0.250. The van der Waals surface area contributed by atoms with Gasteiger partial charge in [0, 0.05) is 0 Å². The highest BCUT2D eigenvalue weighted by Crippen LogP contribution is 2.23. The number of hydrogen-bond acceptors (Lipinski definition) is 10. The van der Waals surface area contributed by atoms with Crippen molar-refractivity contribution < 1.29 is 50.0 Å². The number of hydrogen-bond donors (Lipinski definition) is 8. The molecule has 0 aromatic carbocycles. The summed E-state index contributed by atoms with van der Waals surface area (Å²) in [7, 11) is 0. The molecule has 11 heteroatoms. The van der Waals surface area contributed by atoms with Gasteiger partial charge in [-0.3, -0.25) is 4.79 Å². The first-order valence-corrected chi connectivity index (χ1v) is 24.7. The fraction of sp³-hybridized carbons (Fsp3) is 0.898. The van der Waals surface area contributed by atoms with Crippen LogP contribution in [0, 0.1) is 0 Å². The van der Waals surface area contributed by atoms with Gasteiger partial charge in [-0.2, -0.15) is 0 Å². The second-order valence-electron chi connectivity index (χ2n) is 17.5. The zero-order valence-electron chi connectivity index (χ0n) is 38.2. The molecule has 0 spiro atoms. The summed E-state index contributed by atoms with van der Waals surface area (Å²) in [6.45, 7) is 3.40. The Morgan fingerprint density at radius 1 is 0.567 bits per heavy atom. The Labute approximate surface area is 365 Å². The summed E-state index contributed by atoms with van der Waals surface area (Å²) in [5.41, 5.74) is 0. The molecule has 60 heavy (non-hydrogen) atoms. The first kappa shape index (κ1) is 56.6. The van der Waals surface area contributed by atoms with Gasteiger partial charge in [-0.05, 0) is 64.2 Å². The van der Waals surface area contributed by atoms with E-state index in [2.05, 4.69) is 43.5 Å². The Balaban J connectivity index is 2.35. The quantitative estimate of drug-likeness (QED) is 0.0218. The van der Waals surface area contributed by atoms with E-state index < -0.39 is 74.2 Å². The molecular formula is C49H93NO10. The van der Waals surface area contributed by atoms with Gasteiger partial charge in [0.15, 0.2) is 6.29 Å². The van der Waals surface area contributed by atoms with Gasteiger partial charge < -0.3 is 50.5 Å². The van der Waals surface area contributed by atoms with E-state index in [0.29, 0.717) is 12.8 Å². The molecule has 1 heterocycles. The monoisotopic (exact) mass is 856 g/mol. The van der Waals surface area contributed by atoms with Crippen molar-refractivity contribution >= 4 is 5.91 Å². The third-order valence-electron chi connectivity index (χ3n) is 12.0. The molecule has 1 amide bonds. The van der Waals surface area contributed by atoms with Crippen LogP contribution < -0.4 is 5.32 Å². The van der Waals surface area contributed by atoms with Crippen molar-refractivity contribution in [2.45, 2.75) is 268 Å². The fourth-order valence-corrected chi connectivity index (χ4v) is 7.85. The molecule has 1 saturated heterocycles. The molecule has 9 atom stereocenters. The van der Waals surface area contributed by atoms with Crippen LogP contribution in [0.1, 0.15) is 213 Å². The second kappa shape index (κ2) is 39.2. The topological polar surface area (TPSA) is 189 Å². The van der Waals surface area contributed by atoms with Crippen molar-refractivity contribution in [3.63, 3.8) is 0 Å². The van der Waals surface area contributed by atoms with Crippen LogP contribution in [0.4, 0.5) is 0 Å². The molecular weight excluding hydrogens is 763 g/mol. The standard InChI is InChI=1S/C49H93NO10/c1-3-5-7-9-11-13-15-16-17-18-19-20-21-22-23-24-25-26-27-29-31-33-35-37-42(53)48(58)50-40(39-59-49-47(57)46(56)45(55)43(38-51)60-49)44(54)41(52)36-34-32-30-28-14-12-10-8-6-4-2/h22-23,28,30,40-47,49,51-57H,3-21,24-27,29,31-39H2,1-2H3,(H,50,58)/b23-22-,30-28+. The van der Waals surface area contributed by atoms with Crippen LogP contribution in [0.15, 0.2) is 24.3 Å². The molecule has 0 bridgehead atoms. The number of amides is 1. The molecule has 8 N–H and O–H groups in total. The molecule has 0 aliphatic carbocycles. The molecule has 1 aliphatic heterocycles. The van der Waals surface area contributed by atoms with Crippen LogP contribution in [0.2, 0.25) is 0 Å². The summed E-state index contributed by atoms with van der Waals surface area (Å²) < 4.78 is 11.1. The molecule has 0 aromatic heterocycles. The molecule has 11 nitrogen and oxygen atoms in total. The maximum absolute atomic E-state index is 13.1. The minimum Gasteiger partial charge on any atom is -0.394 e. The van der Waals surface area contributed by atoms with Gasteiger partial charge in [0.2, 0.25) is 5.91 Å². The van der Waals surface area contributed by atoms with Crippen LogP contribution in [-0.4, -0.2) is 110 Å². The van der Waals surface area contributed by atoms with E-state index in [9.17, 15) is 40.5 Å². The van der Waals surface area contributed by atoms with Crippen molar-refractivity contribution in [2.75, 3.05) is 13.2 Å². The van der Waals surface area contributed by atoms with E-state index in [-0.39, 0.29) is 12.8 Å². The maximum atomic E-state index is 13.1. The summed E-state index contributed by atoms with van der Waals surface area (Å²) >= 11 is 0. The average molecular weight is 856 g/mol. The lowest BCUT2D eigenvalue weighted by molar-refractivity contribution is -0.303. The van der Waals surface area contributed by atoms with E-state index in [1.807, 2.05) is 0 Å². The molecule has 1 aliphatic rings. The summed E-state index contributed by atoms with van der Waals surface area (Å²) in [5.74, 6) is -0.711. The van der Waals surface area contributed by atoms with Crippen molar-refractivity contribution in [1.82, 2.24) is 5.32 Å². The number of carbonyl (C=O) groups excluding carboxylic acids is 1. The Kier molecular flexibility index (Phi) is 37.0. The normalized spacial score (nSPS) is 21.8. The van der Waals surface area contributed by atoms with E-state index in [0.717, 1.165) is 44.9 Å². The summed E-state index contributed by atoms with van der Waals surface area (Å²) in [6.07, 6.45) is 32.5. The van der Waals surface area contributed by atoms with Gasteiger partial charge in [-0.25, -0.2) is 0 Å². The number of aliphatic hydroxyl groups excluding tert-OH is 7. The van der Waals surface area contributed by atoms with Crippen LogP contribution in [0.3, 0.4) is 0 Å². The van der Waals surface area contributed by atoms with Gasteiger partial charge in [-0.1, -0.05) is 173 Å². The first-order valence-electron chi connectivity index (χ1n) is 24.7. The first-order chi connectivity index (χ1) is 29.2. The molecule has 0 radical (unpaired) electrons. The number of unbranched alkanes of at least 4 members (excludes halogenated alkanes) is 25. The molecule has 1 fully saturated rings. The van der Waals surface area contributed by atoms with E-state index >= 15 is 0 Å². The van der Waals surface area contributed by atoms with Gasteiger partial charge in [0.25, 0.3) is 0 Å². The van der Waals surface area contributed by atoms with E-state index in [1.165, 1.54) is 128 Å². The van der Waals surface area contributed by atoms with Crippen LogP contribution >= 0.6 is 0 Å². The lowest BCUT2D eigenvalue weighted by Gasteiger charge is -2.40. The number of ether oxygens (including phenoxy) is 2. The van der Waals surface area contributed by atoms with Crippen LogP contribution in [0.5, 0.6) is 0 Å². The van der Waals surface area contributed by atoms with Crippen LogP contribution in [0.25, 0.3) is 0 Å². The van der Waals surface area contributed by atoms with Crippen molar-refractivity contribution in [1.29, 1.82) is 0 Å². The van der Waals surface area contributed by atoms with Gasteiger partial charge >= 0.3 is 0 Å². The molecule has 0 saturated carbocycles. The number of aliphatic hydroxyl groups is 7. The van der Waals surface area contributed by atoms with E-state index in [4.69, 9.17) is 9.47 Å². The Morgan fingerprint density at radius 3 is 1.43 bits per heavy atom. The maximum Gasteiger partial charge on any atom is 0.249 e. The highest BCUT2D eigenvalue weighted by atomic mass is 16.7. The number of allylic oxidation sites excluding steroid dienone is 4. The number of rotatable bonds is 41. The fourth-order valence-electron chi connectivity index (χ4n) is 7.85. The zero-order valence-corrected chi connectivity index (χ0v) is 38.2. The highest BCUT2D eigenvalue weighted by Gasteiger charge is 2.44. The van der Waals surface area contributed by atoms with Crippen molar-refractivity contribution in [3.05, 3.63) is 24.3 Å². The second-order valence-corrected chi connectivity index (χ2v) is 17.5. The predicted molar refractivity (Wildman–Crippen MR) is 242 cm³/mol. The number of carbonyl (C=O) groups is 1. The average Bonchev–Trinajstić information content (AvgIpc) is 3.25. The van der Waals surface area contributed by atoms with Gasteiger partial charge in [0.05, 0.1) is 25.4 Å². The molecule has 0 aromatic rings. The minimum atomic E-state index is -1.67. The molecule has 9 unspecified atom stereocenters. The lowest BCUT2D eigenvalue weighted by atomic mass is 9.98. The zero-order chi connectivity index (χ0) is 44.1. The smallest absolute Gasteiger partial charge is 0.249 e. The van der Waals surface area contributed by atoms with Crippen molar-refractivity contribution in [3.8, 4) is 0 Å². The summed E-state index contributed by atoms with van der Waals surface area (Å²) in [5, 5.41) is 75.5. The lowest BCUT2D eigenvalue weighted by Crippen LogP contribution is -2.60. The Hall–Kier alpha value is -1.41. The predicted octanol–water partition coefficient (Wildman–Crippen LogP) is 8.62. The van der Waals surface area contributed by atoms with Gasteiger partial charge in [0.1, 0.15) is 36.6 Å². The third kappa shape index (κ3) is 28.3. The number of nitrogens with one attached hydrogen (secondary N) is 1. The van der Waals surface area contributed by atoms with Crippen molar-refractivity contribution in [2.24, 2.45) is 0 Å². The summed E-state index contributed by atoms with van der Waals surface area (Å²) in [6, 6.07) is -1.18. The SMILES string of the molecule is CCCCCCC/C=C/CCCC(O)C(O)C(COC1OC(CO)C(O)C(O)C1O)NC(=O)C(O)CCCCCCCCC/C=C\CCCCCCCCCCCCCC. The Morgan fingerprint density at radius 2 is 0.983 bits per heavy atom. The summed E-state index contributed by atoms with van der Waals surface area (Å²) in [4.78, 5) is 13.1. The third-order valence-corrected chi connectivity index (χ3v) is 12.0. The molecule has 1 rings (SSSR count). The van der Waals surface area contributed by atoms with E-state index in [1.54, 1.807) is 0 Å². The largest absolute Gasteiger partial charge is 0.394 e. The molecule has 354 valence electrons.